The van der Waals surface area contributed by atoms with Crippen molar-refractivity contribution in [3.63, 3.8) is 0 Å². The van der Waals surface area contributed by atoms with Gasteiger partial charge >= 0.3 is 5.15 Å². The van der Waals surface area contributed by atoms with E-state index in [1.807, 2.05) is 13.8 Å². The van der Waals surface area contributed by atoms with Crippen molar-refractivity contribution >= 4 is 11.6 Å². The molecule has 0 aromatic carbocycles. The molecular formula is C8H11ClN2O. The molecule has 0 unspecified atom stereocenters. The van der Waals surface area contributed by atoms with Gasteiger partial charge in [0.1, 0.15) is 5.69 Å². The number of hydrogen-bond acceptors (Lipinski definition) is 2. The number of halogens is 1. The van der Waals surface area contributed by atoms with E-state index in [1.54, 1.807) is 6.20 Å². The van der Waals surface area contributed by atoms with Gasteiger partial charge in [-0.15, -0.1) is 0 Å². The van der Waals surface area contributed by atoms with Gasteiger partial charge in [0.15, 0.2) is 0 Å². The number of hydrogen-bond donors (Lipinski definition) is 0. The molecule has 0 amide bonds. The van der Waals surface area contributed by atoms with E-state index in [0.717, 1.165) is 4.73 Å². The molecule has 0 saturated heterocycles. The smallest absolute Gasteiger partial charge is 0.308 e. The first kappa shape index (κ1) is 9.26. The van der Waals surface area contributed by atoms with Gasteiger partial charge < -0.3 is 5.21 Å². The minimum Gasteiger partial charge on any atom is -0.617 e. The normalized spacial score (nSPS) is 10.2. The molecule has 0 saturated carbocycles. The molecule has 1 aromatic heterocycles. The van der Waals surface area contributed by atoms with Gasteiger partial charge in [-0.3, -0.25) is 0 Å². The fourth-order valence-electron chi connectivity index (χ4n) is 0.973. The first-order valence-electron chi connectivity index (χ1n) is 3.96. The van der Waals surface area contributed by atoms with Gasteiger partial charge in [0.25, 0.3) is 0 Å². The molecule has 0 N–H and O–H groups in total. The first-order valence-corrected chi connectivity index (χ1v) is 4.34. The van der Waals surface area contributed by atoms with Gasteiger partial charge in [0.2, 0.25) is 5.69 Å². The van der Waals surface area contributed by atoms with Gasteiger partial charge in [0, 0.05) is 6.42 Å². The molecule has 0 spiro atoms. The Morgan fingerprint density at radius 3 is 2.67 bits per heavy atom. The summed E-state index contributed by atoms with van der Waals surface area (Å²) in [7, 11) is 0. The van der Waals surface area contributed by atoms with Crippen molar-refractivity contribution in [1.82, 2.24) is 4.98 Å². The Balaban J connectivity index is 3.20. The summed E-state index contributed by atoms with van der Waals surface area (Å²) in [6.45, 7) is 3.81. The van der Waals surface area contributed by atoms with Gasteiger partial charge in [-0.25, -0.2) is 4.98 Å². The molecule has 1 aromatic rings. The average Bonchev–Trinajstić information content (AvgIpc) is 2.10. The third kappa shape index (κ3) is 1.50. The molecule has 0 fully saturated rings. The van der Waals surface area contributed by atoms with Gasteiger partial charge in [-0.2, -0.15) is 4.73 Å². The summed E-state index contributed by atoms with van der Waals surface area (Å²) in [6, 6.07) is 0. The second-order valence-electron chi connectivity index (χ2n) is 2.49. The van der Waals surface area contributed by atoms with Gasteiger partial charge in [-0.1, -0.05) is 13.8 Å². The summed E-state index contributed by atoms with van der Waals surface area (Å²) >= 11 is 5.77. The zero-order chi connectivity index (χ0) is 9.14. The molecule has 3 nitrogen and oxygen atoms in total. The molecule has 66 valence electrons. The monoisotopic (exact) mass is 186 g/mol. The molecular weight excluding hydrogens is 176 g/mol. The van der Waals surface area contributed by atoms with E-state index < -0.39 is 0 Å². The number of aromatic nitrogens is 2. The van der Waals surface area contributed by atoms with E-state index in [0.29, 0.717) is 24.2 Å². The van der Waals surface area contributed by atoms with Crippen molar-refractivity contribution < 1.29 is 4.73 Å². The van der Waals surface area contributed by atoms with E-state index >= 15 is 0 Å². The molecule has 0 atom stereocenters. The largest absolute Gasteiger partial charge is 0.617 e. The maximum atomic E-state index is 11.3. The van der Waals surface area contributed by atoms with Crippen molar-refractivity contribution in [3.05, 3.63) is 27.9 Å². The highest BCUT2D eigenvalue weighted by molar-refractivity contribution is 6.29. The minimum absolute atomic E-state index is 0.205. The highest BCUT2D eigenvalue weighted by Crippen LogP contribution is 2.08. The van der Waals surface area contributed by atoms with E-state index in [2.05, 4.69) is 4.98 Å². The molecule has 1 heterocycles. The molecule has 12 heavy (non-hydrogen) atoms. The Bertz CT molecular complexity index is 260. The maximum Gasteiger partial charge on any atom is 0.308 e. The lowest BCUT2D eigenvalue weighted by Crippen LogP contribution is -2.34. The lowest BCUT2D eigenvalue weighted by Gasteiger charge is -2.05. The summed E-state index contributed by atoms with van der Waals surface area (Å²) in [4.78, 5) is 4.08. The van der Waals surface area contributed by atoms with Crippen molar-refractivity contribution in [2.45, 2.75) is 26.7 Å². The molecule has 1 rings (SSSR count). The fraction of sp³-hybridized carbons (Fsp3) is 0.500. The third-order valence-corrected chi connectivity index (χ3v) is 2.12. The number of nitrogens with zero attached hydrogens (tertiary/aromatic N) is 2. The van der Waals surface area contributed by atoms with Crippen LogP contribution in [0.2, 0.25) is 5.15 Å². The average molecular weight is 187 g/mol. The molecule has 4 heteroatoms. The molecule has 0 bridgehead atoms. The van der Waals surface area contributed by atoms with Crippen molar-refractivity contribution in [2.24, 2.45) is 0 Å². The fourth-order valence-corrected chi connectivity index (χ4v) is 1.26. The third-order valence-electron chi connectivity index (χ3n) is 1.74. The van der Waals surface area contributed by atoms with Crippen molar-refractivity contribution in [1.29, 1.82) is 0 Å². The number of aryl methyl sites for hydroxylation is 2. The Hall–Kier alpha value is -0.830. The summed E-state index contributed by atoms with van der Waals surface area (Å²) in [6.07, 6.45) is 2.92. The van der Waals surface area contributed by atoms with Gasteiger partial charge in [-0.05, 0) is 18.0 Å². The Morgan fingerprint density at radius 2 is 2.17 bits per heavy atom. The van der Waals surface area contributed by atoms with Crippen LogP contribution in [0, 0.1) is 5.21 Å². The zero-order valence-corrected chi connectivity index (χ0v) is 7.93. The molecule has 0 aliphatic heterocycles. The topological polar surface area (TPSA) is 39.8 Å². The maximum absolute atomic E-state index is 11.3. The Labute approximate surface area is 76.6 Å². The predicted molar refractivity (Wildman–Crippen MR) is 47.0 cm³/mol. The van der Waals surface area contributed by atoms with E-state index in [1.165, 1.54) is 0 Å². The van der Waals surface area contributed by atoms with Crippen LogP contribution in [0.5, 0.6) is 0 Å². The van der Waals surface area contributed by atoms with Crippen LogP contribution in [0.3, 0.4) is 0 Å². The highest BCUT2D eigenvalue weighted by atomic mass is 35.5. The van der Waals surface area contributed by atoms with Crippen molar-refractivity contribution in [2.75, 3.05) is 0 Å². The van der Waals surface area contributed by atoms with E-state index in [-0.39, 0.29) is 5.15 Å². The van der Waals surface area contributed by atoms with E-state index in [9.17, 15) is 5.21 Å². The highest BCUT2D eigenvalue weighted by Gasteiger charge is 2.13. The standard InChI is InChI=1S/C8H11ClN2O/c1-3-6-5-10-7(4-2)8(9)11(6)12/h5H,3-4H2,1-2H3. The van der Waals surface area contributed by atoms with Gasteiger partial charge in [0.05, 0.1) is 6.20 Å². The van der Waals surface area contributed by atoms with E-state index in [4.69, 9.17) is 11.6 Å². The Kier molecular flexibility index (Phi) is 2.87. The van der Waals surface area contributed by atoms with Crippen LogP contribution in [0.4, 0.5) is 0 Å². The lowest BCUT2D eigenvalue weighted by atomic mass is 10.3. The van der Waals surface area contributed by atoms with Crippen LogP contribution in [0.15, 0.2) is 6.20 Å². The quantitative estimate of drug-likeness (QED) is 0.519. The first-order chi connectivity index (χ1) is 5.70. The Morgan fingerprint density at radius 1 is 1.50 bits per heavy atom. The zero-order valence-electron chi connectivity index (χ0n) is 7.17. The molecule has 0 aliphatic carbocycles. The van der Waals surface area contributed by atoms with Crippen molar-refractivity contribution in [3.8, 4) is 0 Å². The van der Waals surface area contributed by atoms with Crippen LogP contribution in [0.25, 0.3) is 0 Å². The summed E-state index contributed by atoms with van der Waals surface area (Å²) in [5.74, 6) is 0. The summed E-state index contributed by atoms with van der Waals surface area (Å²) < 4.78 is 0.743. The SMILES string of the molecule is CCc1ncc(CC)[n+]([O-])c1Cl. The molecule has 0 radical (unpaired) electrons. The second-order valence-corrected chi connectivity index (χ2v) is 2.85. The van der Waals surface area contributed by atoms with Crippen LogP contribution < -0.4 is 4.73 Å². The summed E-state index contributed by atoms with van der Waals surface area (Å²) in [5, 5.41) is 11.5. The predicted octanol–water partition coefficient (Wildman–Crippen LogP) is 1.49. The van der Waals surface area contributed by atoms with Crippen LogP contribution in [-0.2, 0) is 12.8 Å². The number of rotatable bonds is 2. The minimum atomic E-state index is 0.205. The van der Waals surface area contributed by atoms with Crippen LogP contribution >= 0.6 is 11.6 Å². The second kappa shape index (κ2) is 3.72. The molecule has 0 aliphatic rings. The van der Waals surface area contributed by atoms with Crippen LogP contribution in [0.1, 0.15) is 25.2 Å². The lowest BCUT2D eigenvalue weighted by molar-refractivity contribution is -0.612. The van der Waals surface area contributed by atoms with Crippen LogP contribution in [-0.4, -0.2) is 4.98 Å². The summed E-state index contributed by atoms with van der Waals surface area (Å²) in [5.41, 5.74) is 1.26.